The number of nitrogens with one attached hydrogen (secondary N) is 1. The molecular weight excluding hydrogens is 392 g/mol. The summed E-state index contributed by atoms with van der Waals surface area (Å²) in [6.07, 6.45) is 34.2. The Morgan fingerprint density at radius 1 is 0.742 bits per heavy atom. The fraction of sp³-hybridized carbons (Fsp3) is 0.750. The molecule has 0 aromatic heterocycles. The molecule has 31 heavy (non-hydrogen) atoms. The van der Waals surface area contributed by atoms with E-state index in [0.29, 0.717) is 0 Å². The largest absolute Gasteiger partial charge is 0.317 e. The number of allylic oxidation sites excluding steroid dienone is 5. The van der Waals surface area contributed by atoms with Crippen molar-refractivity contribution in [2.45, 2.75) is 102 Å². The molecule has 1 rings (SSSR count). The molecule has 0 unspecified atom stereocenters. The number of quaternary nitrogens is 1. The Hall–Kier alpha value is -0.773. The number of hydrogen-bond acceptors (Lipinski definition) is 1. The van der Waals surface area contributed by atoms with Gasteiger partial charge in [0.05, 0.1) is 20.6 Å². The molecule has 1 aliphatic rings. The van der Waals surface area contributed by atoms with Gasteiger partial charge < -0.3 is 5.32 Å². The third kappa shape index (κ3) is 18.5. The first-order valence-electron chi connectivity index (χ1n) is 13.2. The number of hydrogen-bond donors (Lipinski definition) is 1. The Morgan fingerprint density at radius 3 is 1.77 bits per heavy atom. The second kappa shape index (κ2) is 19.9. The van der Waals surface area contributed by atoms with E-state index in [4.69, 9.17) is 0 Å². The minimum absolute atomic E-state index is 0.984. The average Bonchev–Trinajstić information content (AvgIpc) is 2.75. The van der Waals surface area contributed by atoms with E-state index in [-0.39, 0.29) is 0 Å². The van der Waals surface area contributed by atoms with Crippen molar-refractivity contribution in [1.82, 2.24) is 5.32 Å². The molecule has 0 fully saturated rings. The standard InChI is InChI=1S/C28H51N2Si/c1-30(2,27-28-21-16-15-17-22-28)25-19-14-12-10-8-6-4-3-5-7-9-11-13-18-23-29-24-20-26-31/h15-17,21-22,27,29H,3-14,18-20,23-26H2,1-2H3/q+2. The Balaban J connectivity index is 1.79. The highest BCUT2D eigenvalue weighted by Gasteiger charge is 2.17. The van der Waals surface area contributed by atoms with Crippen molar-refractivity contribution in [3.05, 3.63) is 42.5 Å². The zero-order chi connectivity index (χ0) is 22.5. The van der Waals surface area contributed by atoms with Gasteiger partial charge in [0.15, 0.2) is 6.20 Å². The molecular formula is C28H51N2Si+2. The van der Waals surface area contributed by atoms with Crippen molar-refractivity contribution in [3.8, 4) is 0 Å². The summed E-state index contributed by atoms with van der Waals surface area (Å²) in [6, 6.07) is 1.11. The van der Waals surface area contributed by atoms with E-state index in [9.17, 15) is 0 Å². The molecule has 3 radical (unpaired) electrons. The highest BCUT2D eigenvalue weighted by atomic mass is 28.1. The summed E-state index contributed by atoms with van der Waals surface area (Å²) in [6.45, 7) is 3.60. The summed E-state index contributed by atoms with van der Waals surface area (Å²) in [5, 5.41) is 3.51. The smallest absolute Gasteiger partial charge is 0.177 e. The summed E-state index contributed by atoms with van der Waals surface area (Å²) in [5.41, 5.74) is 1.33. The summed E-state index contributed by atoms with van der Waals surface area (Å²) in [7, 11) is 8.15. The summed E-state index contributed by atoms with van der Waals surface area (Å²) < 4.78 is 0.984. The SMILES string of the molecule is C[N+](C)(C=C1C=CC=C[CH+]1)CCCCCCCCCCCCCCCCNCCC[Si]. The average molecular weight is 444 g/mol. The molecule has 0 spiro atoms. The second-order valence-corrected chi connectivity index (χ2v) is 10.3. The quantitative estimate of drug-likeness (QED) is 0.0849. The molecule has 2 nitrogen and oxygen atoms in total. The molecule has 0 saturated heterocycles. The minimum atomic E-state index is 0.984. The minimum Gasteiger partial charge on any atom is -0.317 e. The van der Waals surface area contributed by atoms with Crippen LogP contribution in [0.4, 0.5) is 0 Å². The van der Waals surface area contributed by atoms with Crippen LogP contribution in [0.25, 0.3) is 0 Å². The van der Waals surface area contributed by atoms with Crippen molar-refractivity contribution in [2.75, 3.05) is 33.7 Å². The maximum atomic E-state index is 3.52. The monoisotopic (exact) mass is 443 g/mol. The van der Waals surface area contributed by atoms with Gasteiger partial charge in [-0.1, -0.05) is 76.7 Å². The Labute approximate surface area is 198 Å². The first-order valence-corrected chi connectivity index (χ1v) is 13.9. The van der Waals surface area contributed by atoms with E-state index in [1.165, 1.54) is 115 Å². The van der Waals surface area contributed by atoms with Crippen LogP contribution in [0.2, 0.25) is 6.04 Å². The Kier molecular flexibility index (Phi) is 18.1. The van der Waals surface area contributed by atoms with Gasteiger partial charge in [0.2, 0.25) is 0 Å². The third-order valence-corrected chi connectivity index (χ3v) is 6.52. The van der Waals surface area contributed by atoms with Gasteiger partial charge in [-0.25, -0.2) is 0 Å². The number of rotatable bonds is 21. The van der Waals surface area contributed by atoms with E-state index in [0.717, 1.165) is 17.1 Å². The second-order valence-electron chi connectivity index (χ2n) is 9.85. The normalized spacial score (nSPS) is 15.0. The molecule has 0 aliphatic heterocycles. The van der Waals surface area contributed by atoms with Gasteiger partial charge in [-0.05, 0) is 38.8 Å². The molecule has 0 aromatic rings. The van der Waals surface area contributed by atoms with Crippen molar-refractivity contribution in [1.29, 1.82) is 0 Å². The first-order chi connectivity index (χ1) is 15.1. The molecule has 1 N–H and O–H groups in total. The lowest BCUT2D eigenvalue weighted by Crippen LogP contribution is -2.34. The predicted octanol–water partition coefficient (Wildman–Crippen LogP) is 7.30. The summed E-state index contributed by atoms with van der Waals surface area (Å²) in [5.74, 6) is 0. The van der Waals surface area contributed by atoms with Crippen molar-refractivity contribution >= 4 is 10.2 Å². The van der Waals surface area contributed by atoms with Crippen LogP contribution in [0.15, 0.2) is 36.1 Å². The van der Waals surface area contributed by atoms with Crippen LogP contribution in [0.1, 0.15) is 96.3 Å². The lowest BCUT2D eigenvalue weighted by molar-refractivity contribution is -0.839. The van der Waals surface area contributed by atoms with Gasteiger partial charge in [-0.2, -0.15) is 0 Å². The molecule has 0 bridgehead atoms. The fourth-order valence-electron chi connectivity index (χ4n) is 4.24. The van der Waals surface area contributed by atoms with E-state index in [1.54, 1.807) is 0 Å². The van der Waals surface area contributed by atoms with Crippen LogP contribution < -0.4 is 5.32 Å². The van der Waals surface area contributed by atoms with Crippen LogP contribution in [-0.2, 0) is 0 Å². The number of nitrogens with zero attached hydrogens (tertiary/aromatic N) is 1. The molecule has 175 valence electrons. The Bertz CT molecular complexity index is 493. The van der Waals surface area contributed by atoms with Crippen LogP contribution in [0.5, 0.6) is 0 Å². The van der Waals surface area contributed by atoms with Crippen LogP contribution in [0, 0.1) is 6.42 Å². The van der Waals surface area contributed by atoms with Gasteiger partial charge in [0.25, 0.3) is 0 Å². The molecule has 0 heterocycles. The van der Waals surface area contributed by atoms with Gasteiger partial charge in [0.1, 0.15) is 5.57 Å². The maximum Gasteiger partial charge on any atom is 0.177 e. The lowest BCUT2D eigenvalue weighted by Gasteiger charge is -2.22. The first kappa shape index (κ1) is 28.3. The Morgan fingerprint density at radius 2 is 1.26 bits per heavy atom. The molecule has 3 heteroatoms. The van der Waals surface area contributed by atoms with Gasteiger partial charge in [-0.15, -0.1) is 0 Å². The maximum absolute atomic E-state index is 3.52. The third-order valence-electron chi connectivity index (χ3n) is 6.17. The van der Waals surface area contributed by atoms with Crippen LogP contribution >= 0.6 is 0 Å². The highest BCUT2D eigenvalue weighted by Crippen LogP contribution is 2.16. The summed E-state index contributed by atoms with van der Waals surface area (Å²) in [4.78, 5) is 0. The van der Waals surface area contributed by atoms with Crippen molar-refractivity contribution < 1.29 is 4.48 Å². The van der Waals surface area contributed by atoms with Gasteiger partial charge >= 0.3 is 0 Å². The highest BCUT2D eigenvalue weighted by molar-refractivity contribution is 6.08. The molecule has 0 amide bonds. The number of unbranched alkanes of at least 4 members (excludes halogenated alkanes) is 13. The summed E-state index contributed by atoms with van der Waals surface area (Å²) >= 11 is 0. The van der Waals surface area contributed by atoms with E-state index >= 15 is 0 Å². The van der Waals surface area contributed by atoms with E-state index in [2.05, 4.69) is 66.6 Å². The van der Waals surface area contributed by atoms with Gasteiger partial charge in [0, 0.05) is 41.0 Å². The van der Waals surface area contributed by atoms with Crippen molar-refractivity contribution in [2.24, 2.45) is 0 Å². The van der Waals surface area contributed by atoms with Crippen LogP contribution in [0.3, 0.4) is 0 Å². The zero-order valence-electron chi connectivity index (χ0n) is 20.8. The zero-order valence-corrected chi connectivity index (χ0v) is 21.8. The van der Waals surface area contributed by atoms with E-state index < -0.39 is 0 Å². The topological polar surface area (TPSA) is 12.0 Å². The van der Waals surface area contributed by atoms with E-state index in [1.807, 2.05) is 0 Å². The molecule has 1 aliphatic carbocycles. The lowest BCUT2D eigenvalue weighted by atomic mass is 10.0. The molecule has 0 atom stereocenters. The molecule has 0 saturated carbocycles. The van der Waals surface area contributed by atoms with Crippen LogP contribution in [-0.4, -0.2) is 48.5 Å². The predicted molar refractivity (Wildman–Crippen MR) is 140 cm³/mol. The fourth-order valence-corrected chi connectivity index (χ4v) is 4.41. The van der Waals surface area contributed by atoms with Gasteiger partial charge in [-0.3, -0.25) is 4.48 Å². The van der Waals surface area contributed by atoms with Crippen molar-refractivity contribution in [3.63, 3.8) is 0 Å². The molecule has 0 aromatic carbocycles.